The van der Waals surface area contributed by atoms with Crippen molar-refractivity contribution < 1.29 is 19.5 Å². The van der Waals surface area contributed by atoms with Gasteiger partial charge in [0.05, 0.1) is 23.2 Å². The molecule has 0 bridgehead atoms. The number of hydrogen-bond donors (Lipinski definition) is 1. The van der Waals surface area contributed by atoms with Crippen LogP contribution in [0, 0.1) is 6.92 Å². The fourth-order valence-corrected chi connectivity index (χ4v) is 3.17. The van der Waals surface area contributed by atoms with Crippen molar-refractivity contribution in [1.82, 2.24) is 4.90 Å². The first-order valence-corrected chi connectivity index (χ1v) is 7.13. The van der Waals surface area contributed by atoms with Gasteiger partial charge < -0.3 is 5.11 Å². The number of imide groups is 1. The van der Waals surface area contributed by atoms with Crippen molar-refractivity contribution in [3.63, 3.8) is 0 Å². The predicted molar refractivity (Wildman–Crippen MR) is 76.7 cm³/mol. The number of carboxylic acid groups (broad SMARTS) is 1. The van der Waals surface area contributed by atoms with Crippen LogP contribution in [-0.2, 0) is 6.54 Å². The lowest BCUT2D eigenvalue weighted by molar-refractivity contribution is 0.0642. The SMILES string of the molecule is Cc1ccsc1CN1C(=O)c2ccc(C(=O)O)cc2C1=O. The Bertz CT molecular complexity index is 778. The number of carboxylic acids is 1. The fourth-order valence-electron chi connectivity index (χ4n) is 2.28. The molecular weight excluding hydrogens is 290 g/mol. The molecule has 1 aliphatic rings. The van der Waals surface area contributed by atoms with Crippen molar-refractivity contribution in [1.29, 1.82) is 0 Å². The Kier molecular flexibility index (Phi) is 3.10. The third kappa shape index (κ3) is 2.13. The van der Waals surface area contributed by atoms with Crippen LogP contribution in [0.2, 0.25) is 0 Å². The maximum atomic E-state index is 12.3. The second-order valence-electron chi connectivity index (χ2n) is 4.79. The molecule has 1 aliphatic heterocycles. The van der Waals surface area contributed by atoms with Gasteiger partial charge in [-0.25, -0.2) is 4.79 Å². The van der Waals surface area contributed by atoms with E-state index in [1.54, 1.807) is 0 Å². The average Bonchev–Trinajstić information content (AvgIpc) is 2.96. The van der Waals surface area contributed by atoms with Gasteiger partial charge in [-0.15, -0.1) is 11.3 Å². The summed E-state index contributed by atoms with van der Waals surface area (Å²) in [5.74, 6) is -1.93. The van der Waals surface area contributed by atoms with Gasteiger partial charge in [0.1, 0.15) is 0 Å². The summed E-state index contributed by atoms with van der Waals surface area (Å²) in [7, 11) is 0. The zero-order valence-corrected chi connectivity index (χ0v) is 11.9. The van der Waals surface area contributed by atoms with Gasteiger partial charge in [-0.05, 0) is 42.1 Å². The number of aryl methyl sites for hydroxylation is 1. The standard InChI is InChI=1S/C15H11NO4S/c1-8-4-5-21-12(8)7-16-13(17)10-3-2-9(15(19)20)6-11(10)14(16)18/h2-6H,7H2,1H3,(H,19,20). The first kappa shape index (κ1) is 13.5. The molecule has 6 heteroatoms. The highest BCUT2D eigenvalue weighted by molar-refractivity contribution is 7.10. The van der Waals surface area contributed by atoms with E-state index in [9.17, 15) is 14.4 Å². The second-order valence-corrected chi connectivity index (χ2v) is 5.79. The normalized spacial score (nSPS) is 13.7. The molecule has 0 spiro atoms. The number of nitrogens with zero attached hydrogens (tertiary/aromatic N) is 1. The summed E-state index contributed by atoms with van der Waals surface area (Å²) in [6, 6.07) is 5.94. The third-order valence-corrected chi connectivity index (χ3v) is 4.50. The number of aromatic carboxylic acids is 1. The lowest BCUT2D eigenvalue weighted by Crippen LogP contribution is -2.28. The van der Waals surface area contributed by atoms with E-state index < -0.39 is 11.9 Å². The Morgan fingerprint density at radius 1 is 1.19 bits per heavy atom. The molecule has 1 N–H and O–H groups in total. The van der Waals surface area contributed by atoms with Crippen LogP contribution in [0.15, 0.2) is 29.6 Å². The van der Waals surface area contributed by atoms with Crippen LogP contribution in [-0.4, -0.2) is 27.8 Å². The Hall–Kier alpha value is -2.47. The molecule has 3 rings (SSSR count). The summed E-state index contributed by atoms with van der Waals surface area (Å²) >= 11 is 1.49. The van der Waals surface area contributed by atoms with Crippen molar-refractivity contribution in [3.8, 4) is 0 Å². The highest BCUT2D eigenvalue weighted by atomic mass is 32.1. The summed E-state index contributed by atoms with van der Waals surface area (Å²) in [6.07, 6.45) is 0. The molecule has 0 saturated carbocycles. The molecule has 2 aromatic rings. The molecule has 1 aromatic heterocycles. The van der Waals surface area contributed by atoms with Gasteiger partial charge in [-0.3, -0.25) is 14.5 Å². The highest BCUT2D eigenvalue weighted by Gasteiger charge is 2.36. The van der Waals surface area contributed by atoms with E-state index in [0.29, 0.717) is 0 Å². The largest absolute Gasteiger partial charge is 0.478 e. The van der Waals surface area contributed by atoms with Gasteiger partial charge in [0.25, 0.3) is 11.8 Å². The lowest BCUT2D eigenvalue weighted by atomic mass is 10.1. The van der Waals surface area contributed by atoms with Crippen LogP contribution < -0.4 is 0 Å². The number of carbonyl (C=O) groups is 3. The van der Waals surface area contributed by atoms with E-state index in [4.69, 9.17) is 5.11 Å². The minimum Gasteiger partial charge on any atom is -0.478 e. The molecule has 2 heterocycles. The van der Waals surface area contributed by atoms with Gasteiger partial charge in [0.2, 0.25) is 0 Å². The maximum Gasteiger partial charge on any atom is 0.335 e. The van der Waals surface area contributed by atoms with Crippen LogP contribution in [0.1, 0.15) is 41.5 Å². The molecule has 0 aliphatic carbocycles. The van der Waals surface area contributed by atoms with E-state index in [1.165, 1.54) is 29.5 Å². The molecule has 106 valence electrons. The average molecular weight is 301 g/mol. The first-order chi connectivity index (χ1) is 9.99. The zero-order valence-electron chi connectivity index (χ0n) is 11.1. The first-order valence-electron chi connectivity index (χ1n) is 6.25. The second kappa shape index (κ2) is 4.82. The monoisotopic (exact) mass is 301 g/mol. The summed E-state index contributed by atoms with van der Waals surface area (Å²) in [5, 5.41) is 10.9. The third-order valence-electron chi connectivity index (χ3n) is 3.49. The molecule has 2 amide bonds. The molecular formula is C15H11NO4S. The Morgan fingerprint density at radius 3 is 2.52 bits per heavy atom. The summed E-state index contributed by atoms with van der Waals surface area (Å²) in [5.41, 5.74) is 1.46. The van der Waals surface area contributed by atoms with E-state index >= 15 is 0 Å². The summed E-state index contributed by atoms with van der Waals surface area (Å²) < 4.78 is 0. The molecule has 0 fully saturated rings. The molecule has 1 aromatic carbocycles. The minimum atomic E-state index is -1.12. The van der Waals surface area contributed by atoms with Crippen LogP contribution in [0.5, 0.6) is 0 Å². The van der Waals surface area contributed by atoms with Gasteiger partial charge in [-0.2, -0.15) is 0 Å². The van der Waals surface area contributed by atoms with Crippen LogP contribution in [0.4, 0.5) is 0 Å². The van der Waals surface area contributed by atoms with Crippen molar-refractivity contribution in [2.45, 2.75) is 13.5 Å². The van der Waals surface area contributed by atoms with Crippen LogP contribution in [0.25, 0.3) is 0 Å². The summed E-state index contributed by atoms with van der Waals surface area (Å²) in [6.45, 7) is 2.14. The number of carbonyl (C=O) groups excluding carboxylic acids is 2. The molecule has 0 atom stereocenters. The van der Waals surface area contributed by atoms with E-state index in [2.05, 4.69) is 0 Å². The quantitative estimate of drug-likeness (QED) is 0.884. The van der Waals surface area contributed by atoms with Crippen LogP contribution in [0.3, 0.4) is 0 Å². The zero-order chi connectivity index (χ0) is 15.1. The van der Waals surface area contributed by atoms with Gasteiger partial charge >= 0.3 is 5.97 Å². The van der Waals surface area contributed by atoms with Crippen molar-refractivity contribution in [2.24, 2.45) is 0 Å². The molecule has 5 nitrogen and oxygen atoms in total. The number of thiophene rings is 1. The van der Waals surface area contributed by atoms with Crippen LogP contribution >= 0.6 is 11.3 Å². The Morgan fingerprint density at radius 2 is 1.90 bits per heavy atom. The molecule has 0 unspecified atom stereocenters. The topological polar surface area (TPSA) is 74.7 Å². The highest BCUT2D eigenvalue weighted by Crippen LogP contribution is 2.27. The fraction of sp³-hybridized carbons (Fsp3) is 0.133. The molecule has 21 heavy (non-hydrogen) atoms. The molecule has 0 radical (unpaired) electrons. The number of hydrogen-bond acceptors (Lipinski definition) is 4. The molecule has 0 saturated heterocycles. The van der Waals surface area contributed by atoms with E-state index in [1.807, 2.05) is 18.4 Å². The minimum absolute atomic E-state index is 0.00375. The van der Waals surface area contributed by atoms with Gasteiger partial charge in [-0.1, -0.05) is 0 Å². The number of amides is 2. The number of fused-ring (bicyclic) bond motifs is 1. The smallest absolute Gasteiger partial charge is 0.335 e. The Labute approximate surface area is 124 Å². The van der Waals surface area contributed by atoms with E-state index in [-0.39, 0.29) is 29.1 Å². The maximum absolute atomic E-state index is 12.3. The predicted octanol–water partition coefficient (Wildman–Crippen LogP) is 2.55. The van der Waals surface area contributed by atoms with Crippen molar-refractivity contribution in [2.75, 3.05) is 0 Å². The number of rotatable bonds is 3. The van der Waals surface area contributed by atoms with Crippen molar-refractivity contribution in [3.05, 3.63) is 56.8 Å². The van der Waals surface area contributed by atoms with Gasteiger partial charge in [0.15, 0.2) is 0 Å². The Balaban J connectivity index is 1.97. The summed E-state index contributed by atoms with van der Waals surface area (Å²) in [4.78, 5) is 37.7. The van der Waals surface area contributed by atoms with Gasteiger partial charge in [0, 0.05) is 4.88 Å². The lowest BCUT2D eigenvalue weighted by Gasteiger charge is -2.13. The van der Waals surface area contributed by atoms with E-state index in [0.717, 1.165) is 15.3 Å². The van der Waals surface area contributed by atoms with Crippen molar-refractivity contribution >= 4 is 29.1 Å². The number of benzene rings is 1.